The fraction of sp³-hybridized carbons (Fsp3) is 0.348. The molecule has 0 saturated carbocycles. The first-order chi connectivity index (χ1) is 13.0. The first kappa shape index (κ1) is 19.2. The summed E-state index contributed by atoms with van der Waals surface area (Å²) >= 11 is 0. The van der Waals surface area contributed by atoms with E-state index in [4.69, 9.17) is 0 Å². The van der Waals surface area contributed by atoms with Crippen molar-refractivity contribution in [1.29, 1.82) is 0 Å². The van der Waals surface area contributed by atoms with Crippen molar-refractivity contribution in [3.8, 4) is 0 Å². The SMILES string of the molecule is CCc1cccc(C(C)C)c1NC(=O)N1CC=C(c2ccc(F)cc2)CC1. The molecule has 1 N–H and O–H groups in total. The number of anilines is 1. The smallest absolute Gasteiger partial charge is 0.320 e. The number of amides is 2. The van der Waals surface area contributed by atoms with Crippen LogP contribution in [0.2, 0.25) is 0 Å². The lowest BCUT2D eigenvalue weighted by Gasteiger charge is -2.28. The van der Waals surface area contributed by atoms with Gasteiger partial charge in [0.25, 0.3) is 0 Å². The molecule has 142 valence electrons. The molecule has 0 aromatic heterocycles. The average molecular weight is 366 g/mol. The van der Waals surface area contributed by atoms with Crippen LogP contribution in [0, 0.1) is 5.82 Å². The summed E-state index contributed by atoms with van der Waals surface area (Å²) in [6.45, 7) is 7.60. The summed E-state index contributed by atoms with van der Waals surface area (Å²) in [5.41, 5.74) is 5.47. The number of carbonyl (C=O) groups is 1. The fourth-order valence-corrected chi connectivity index (χ4v) is 3.51. The molecule has 0 spiro atoms. The van der Waals surface area contributed by atoms with E-state index in [2.05, 4.69) is 50.4 Å². The molecule has 2 amide bonds. The molecule has 0 radical (unpaired) electrons. The van der Waals surface area contributed by atoms with Gasteiger partial charge in [-0.25, -0.2) is 9.18 Å². The molecule has 2 aromatic carbocycles. The number of hydrogen-bond donors (Lipinski definition) is 1. The number of rotatable bonds is 4. The number of para-hydroxylation sites is 1. The van der Waals surface area contributed by atoms with Crippen molar-refractivity contribution >= 4 is 17.3 Å². The molecule has 3 rings (SSSR count). The Morgan fingerprint density at radius 1 is 1.19 bits per heavy atom. The summed E-state index contributed by atoms with van der Waals surface area (Å²) in [6, 6.07) is 12.7. The monoisotopic (exact) mass is 366 g/mol. The average Bonchev–Trinajstić information content (AvgIpc) is 2.68. The van der Waals surface area contributed by atoms with Gasteiger partial charge in [0.05, 0.1) is 0 Å². The summed E-state index contributed by atoms with van der Waals surface area (Å²) in [4.78, 5) is 14.7. The predicted octanol–water partition coefficient (Wildman–Crippen LogP) is 5.83. The van der Waals surface area contributed by atoms with Crippen LogP contribution in [-0.2, 0) is 6.42 Å². The van der Waals surface area contributed by atoms with E-state index < -0.39 is 0 Å². The second kappa shape index (κ2) is 8.38. The highest BCUT2D eigenvalue weighted by molar-refractivity contribution is 5.92. The Kier molecular flexibility index (Phi) is 5.94. The first-order valence-corrected chi connectivity index (χ1v) is 9.62. The highest BCUT2D eigenvalue weighted by Crippen LogP contribution is 2.29. The van der Waals surface area contributed by atoms with Crippen molar-refractivity contribution in [2.45, 2.75) is 39.5 Å². The quantitative estimate of drug-likeness (QED) is 0.725. The maximum atomic E-state index is 13.1. The van der Waals surface area contributed by atoms with E-state index in [0.29, 0.717) is 19.0 Å². The van der Waals surface area contributed by atoms with Crippen molar-refractivity contribution in [2.75, 3.05) is 18.4 Å². The van der Waals surface area contributed by atoms with Crippen LogP contribution in [0.5, 0.6) is 0 Å². The minimum atomic E-state index is -0.230. The van der Waals surface area contributed by atoms with Crippen LogP contribution in [0.25, 0.3) is 5.57 Å². The maximum Gasteiger partial charge on any atom is 0.322 e. The molecule has 0 bridgehead atoms. The van der Waals surface area contributed by atoms with Crippen LogP contribution in [0.4, 0.5) is 14.9 Å². The van der Waals surface area contributed by atoms with Crippen LogP contribution in [0.3, 0.4) is 0 Å². The second-order valence-corrected chi connectivity index (χ2v) is 7.25. The van der Waals surface area contributed by atoms with Crippen molar-refractivity contribution < 1.29 is 9.18 Å². The number of aryl methyl sites for hydroxylation is 1. The van der Waals surface area contributed by atoms with Crippen LogP contribution in [0.1, 0.15) is 49.8 Å². The van der Waals surface area contributed by atoms with E-state index in [1.165, 1.54) is 17.7 Å². The summed E-state index contributed by atoms with van der Waals surface area (Å²) < 4.78 is 13.1. The Bertz CT molecular complexity index is 840. The third-order valence-corrected chi connectivity index (χ3v) is 5.13. The van der Waals surface area contributed by atoms with Crippen molar-refractivity contribution in [2.24, 2.45) is 0 Å². The van der Waals surface area contributed by atoms with Gasteiger partial charge < -0.3 is 10.2 Å². The van der Waals surface area contributed by atoms with Crippen LogP contribution >= 0.6 is 0 Å². The lowest BCUT2D eigenvalue weighted by atomic mass is 9.96. The largest absolute Gasteiger partial charge is 0.322 e. The lowest BCUT2D eigenvalue weighted by molar-refractivity contribution is 0.217. The van der Waals surface area contributed by atoms with Gasteiger partial charge >= 0.3 is 6.03 Å². The topological polar surface area (TPSA) is 32.3 Å². The Labute approximate surface area is 160 Å². The van der Waals surface area contributed by atoms with E-state index in [1.54, 1.807) is 12.1 Å². The van der Waals surface area contributed by atoms with Crippen molar-refractivity contribution in [1.82, 2.24) is 4.90 Å². The Morgan fingerprint density at radius 2 is 1.93 bits per heavy atom. The van der Waals surface area contributed by atoms with Crippen LogP contribution in [-0.4, -0.2) is 24.0 Å². The van der Waals surface area contributed by atoms with Gasteiger partial charge in [0.2, 0.25) is 0 Å². The molecule has 0 atom stereocenters. The second-order valence-electron chi connectivity index (χ2n) is 7.25. The maximum absolute atomic E-state index is 13.1. The Hall–Kier alpha value is -2.62. The van der Waals surface area contributed by atoms with Gasteiger partial charge in [-0.15, -0.1) is 0 Å². The number of halogens is 1. The van der Waals surface area contributed by atoms with E-state index in [9.17, 15) is 9.18 Å². The Balaban J connectivity index is 1.73. The zero-order valence-corrected chi connectivity index (χ0v) is 16.3. The minimum Gasteiger partial charge on any atom is -0.320 e. The zero-order chi connectivity index (χ0) is 19.4. The van der Waals surface area contributed by atoms with Gasteiger partial charge in [-0.3, -0.25) is 0 Å². The van der Waals surface area contributed by atoms with Gasteiger partial charge in [-0.1, -0.05) is 57.2 Å². The van der Waals surface area contributed by atoms with Gasteiger partial charge in [0, 0.05) is 18.8 Å². The summed E-state index contributed by atoms with van der Waals surface area (Å²) in [6.07, 6.45) is 3.71. The van der Waals surface area contributed by atoms with Gasteiger partial charge in [0.15, 0.2) is 0 Å². The van der Waals surface area contributed by atoms with E-state index in [1.807, 2.05) is 4.90 Å². The normalized spacial score (nSPS) is 14.3. The standard InChI is InChI=1S/C23H27FN2O/c1-4-17-6-5-7-21(16(2)3)22(17)25-23(27)26-14-12-19(13-15-26)18-8-10-20(24)11-9-18/h5-12,16H,4,13-15H2,1-3H3,(H,25,27). The number of nitrogens with zero attached hydrogens (tertiary/aromatic N) is 1. The number of urea groups is 1. The molecular formula is C23H27FN2O. The van der Waals surface area contributed by atoms with E-state index in [-0.39, 0.29) is 11.8 Å². The predicted molar refractivity (Wildman–Crippen MR) is 109 cm³/mol. The molecule has 0 aliphatic carbocycles. The highest BCUT2D eigenvalue weighted by Gasteiger charge is 2.20. The Morgan fingerprint density at radius 3 is 2.52 bits per heavy atom. The third kappa shape index (κ3) is 4.38. The molecule has 27 heavy (non-hydrogen) atoms. The summed E-state index contributed by atoms with van der Waals surface area (Å²) in [5.74, 6) is 0.116. The number of nitrogens with one attached hydrogen (secondary N) is 1. The molecule has 0 fully saturated rings. The molecule has 1 aliphatic heterocycles. The van der Waals surface area contributed by atoms with Crippen molar-refractivity contribution in [3.63, 3.8) is 0 Å². The van der Waals surface area contributed by atoms with Crippen LogP contribution < -0.4 is 5.32 Å². The molecule has 1 aliphatic rings. The molecule has 0 unspecified atom stereocenters. The molecule has 1 heterocycles. The number of carbonyl (C=O) groups excluding carboxylic acids is 1. The van der Waals surface area contributed by atoms with Gasteiger partial charge in [0.1, 0.15) is 5.82 Å². The summed E-state index contributed by atoms with van der Waals surface area (Å²) in [7, 11) is 0. The van der Waals surface area contributed by atoms with Crippen LogP contribution in [0.15, 0.2) is 48.5 Å². The molecular weight excluding hydrogens is 339 g/mol. The first-order valence-electron chi connectivity index (χ1n) is 9.62. The van der Waals surface area contributed by atoms with E-state index in [0.717, 1.165) is 35.2 Å². The third-order valence-electron chi connectivity index (χ3n) is 5.13. The molecule has 4 heteroatoms. The molecule has 2 aromatic rings. The zero-order valence-electron chi connectivity index (χ0n) is 16.3. The molecule has 0 saturated heterocycles. The highest BCUT2D eigenvalue weighted by atomic mass is 19.1. The summed E-state index contributed by atoms with van der Waals surface area (Å²) in [5, 5.41) is 3.15. The van der Waals surface area contributed by atoms with Gasteiger partial charge in [-0.2, -0.15) is 0 Å². The molecule has 3 nitrogen and oxygen atoms in total. The fourth-order valence-electron chi connectivity index (χ4n) is 3.51. The number of hydrogen-bond acceptors (Lipinski definition) is 1. The van der Waals surface area contributed by atoms with E-state index >= 15 is 0 Å². The van der Waals surface area contributed by atoms with Crippen molar-refractivity contribution in [3.05, 3.63) is 71.0 Å². The minimum absolute atomic E-state index is 0.0628. The van der Waals surface area contributed by atoms with Gasteiger partial charge in [-0.05, 0) is 53.2 Å². The number of benzene rings is 2. The lowest BCUT2D eigenvalue weighted by Crippen LogP contribution is -2.38.